The number of rotatable bonds is 11. The van der Waals surface area contributed by atoms with E-state index in [9.17, 15) is 18.0 Å². The summed E-state index contributed by atoms with van der Waals surface area (Å²) in [5.74, 6) is -0.816. The van der Waals surface area contributed by atoms with Crippen LogP contribution in [0.25, 0.3) is 0 Å². The van der Waals surface area contributed by atoms with Crippen LogP contribution in [-0.2, 0) is 32.6 Å². The van der Waals surface area contributed by atoms with Crippen molar-refractivity contribution < 1.29 is 18.0 Å². The molecule has 0 saturated heterocycles. The van der Waals surface area contributed by atoms with Crippen molar-refractivity contribution in [2.24, 2.45) is 0 Å². The molecule has 0 bridgehead atoms. The third-order valence-corrected chi connectivity index (χ3v) is 9.52. The second-order valence-electron chi connectivity index (χ2n) is 12.3. The highest BCUT2D eigenvalue weighted by Crippen LogP contribution is 2.27. The van der Waals surface area contributed by atoms with Gasteiger partial charge in [0.15, 0.2) is 0 Å². The van der Waals surface area contributed by atoms with Crippen LogP contribution in [0.5, 0.6) is 0 Å². The molecule has 0 fully saturated rings. The SMILES string of the molecule is Cc1ccc(S(=O)(=O)N(CC(=O)N(Cc2cccc(C)c2)[C@H](Cc2ccccc2)C(=O)NC(C)(C)C)c2ccc(Br)cc2)cc1. The zero-order valence-corrected chi connectivity index (χ0v) is 28.7. The summed E-state index contributed by atoms with van der Waals surface area (Å²) < 4.78 is 30.2. The van der Waals surface area contributed by atoms with Gasteiger partial charge in [0, 0.05) is 23.0 Å². The van der Waals surface area contributed by atoms with Gasteiger partial charge in [-0.25, -0.2) is 8.42 Å². The van der Waals surface area contributed by atoms with Crippen LogP contribution in [0, 0.1) is 13.8 Å². The highest BCUT2D eigenvalue weighted by atomic mass is 79.9. The van der Waals surface area contributed by atoms with Gasteiger partial charge < -0.3 is 10.2 Å². The molecule has 1 N–H and O–H groups in total. The number of hydrogen-bond acceptors (Lipinski definition) is 4. The zero-order chi connectivity index (χ0) is 32.8. The molecule has 1 atom stereocenters. The number of carbonyl (C=O) groups is 2. The number of halogens is 1. The molecule has 0 unspecified atom stereocenters. The van der Waals surface area contributed by atoms with E-state index in [-0.39, 0.29) is 23.8 Å². The maximum atomic E-state index is 14.5. The van der Waals surface area contributed by atoms with Crippen molar-refractivity contribution in [3.05, 3.63) is 130 Å². The van der Waals surface area contributed by atoms with E-state index in [0.29, 0.717) is 5.69 Å². The number of aryl methyl sites for hydroxylation is 2. The van der Waals surface area contributed by atoms with Crippen LogP contribution in [0.2, 0.25) is 0 Å². The zero-order valence-electron chi connectivity index (χ0n) is 26.3. The molecule has 2 amide bonds. The first-order chi connectivity index (χ1) is 21.2. The van der Waals surface area contributed by atoms with Gasteiger partial charge in [-0.2, -0.15) is 0 Å². The Bertz CT molecular complexity index is 1720. The first-order valence-electron chi connectivity index (χ1n) is 14.8. The third-order valence-electron chi connectivity index (χ3n) is 7.21. The lowest BCUT2D eigenvalue weighted by Crippen LogP contribution is -2.56. The summed E-state index contributed by atoms with van der Waals surface area (Å²) in [5, 5.41) is 3.05. The molecule has 0 saturated carbocycles. The average Bonchev–Trinajstić information content (AvgIpc) is 2.98. The van der Waals surface area contributed by atoms with Crippen LogP contribution in [0.15, 0.2) is 112 Å². The molecule has 4 aromatic carbocycles. The van der Waals surface area contributed by atoms with Gasteiger partial charge in [0.1, 0.15) is 12.6 Å². The van der Waals surface area contributed by atoms with Gasteiger partial charge in [-0.1, -0.05) is 93.8 Å². The Hall–Kier alpha value is -3.95. The quantitative estimate of drug-likeness (QED) is 0.187. The van der Waals surface area contributed by atoms with Crippen molar-refractivity contribution in [3.63, 3.8) is 0 Å². The molecule has 45 heavy (non-hydrogen) atoms. The Morgan fingerprint density at radius 1 is 0.800 bits per heavy atom. The number of benzene rings is 4. The lowest BCUT2D eigenvalue weighted by Gasteiger charge is -2.35. The molecule has 236 valence electrons. The fraction of sp³-hybridized carbons (Fsp3) is 0.278. The van der Waals surface area contributed by atoms with E-state index in [0.717, 1.165) is 31.0 Å². The van der Waals surface area contributed by atoms with Crippen LogP contribution in [0.4, 0.5) is 5.69 Å². The minimum Gasteiger partial charge on any atom is -0.350 e. The number of hydrogen-bond donors (Lipinski definition) is 1. The number of amides is 2. The minimum atomic E-state index is -4.16. The van der Waals surface area contributed by atoms with Crippen molar-refractivity contribution in [3.8, 4) is 0 Å². The Morgan fingerprint density at radius 3 is 2.02 bits per heavy atom. The number of carbonyl (C=O) groups excluding carboxylic acids is 2. The van der Waals surface area contributed by atoms with Crippen LogP contribution < -0.4 is 9.62 Å². The van der Waals surface area contributed by atoms with Crippen LogP contribution >= 0.6 is 15.9 Å². The lowest BCUT2D eigenvalue weighted by atomic mass is 10.0. The van der Waals surface area contributed by atoms with Crippen molar-refractivity contribution in [2.45, 2.75) is 64.1 Å². The molecule has 7 nitrogen and oxygen atoms in total. The molecule has 0 radical (unpaired) electrons. The number of nitrogens with one attached hydrogen (secondary N) is 1. The molecule has 0 spiro atoms. The highest BCUT2D eigenvalue weighted by molar-refractivity contribution is 9.10. The summed E-state index contributed by atoms with van der Waals surface area (Å²) in [4.78, 5) is 30.1. The summed E-state index contributed by atoms with van der Waals surface area (Å²) >= 11 is 3.42. The van der Waals surface area contributed by atoms with Crippen molar-refractivity contribution in [2.75, 3.05) is 10.8 Å². The fourth-order valence-electron chi connectivity index (χ4n) is 4.99. The maximum Gasteiger partial charge on any atom is 0.264 e. The third kappa shape index (κ3) is 9.28. The van der Waals surface area contributed by atoms with E-state index in [1.165, 1.54) is 4.90 Å². The van der Waals surface area contributed by atoms with Gasteiger partial charge in [0.25, 0.3) is 10.0 Å². The van der Waals surface area contributed by atoms with E-state index in [1.807, 2.05) is 89.2 Å². The molecule has 0 aliphatic heterocycles. The average molecular weight is 691 g/mol. The molecular weight excluding hydrogens is 650 g/mol. The smallest absolute Gasteiger partial charge is 0.264 e. The molecule has 0 aliphatic carbocycles. The first-order valence-corrected chi connectivity index (χ1v) is 17.0. The summed E-state index contributed by atoms with van der Waals surface area (Å²) in [7, 11) is -4.16. The van der Waals surface area contributed by atoms with Crippen LogP contribution in [-0.4, -0.2) is 43.3 Å². The van der Waals surface area contributed by atoms with E-state index in [2.05, 4.69) is 21.2 Å². The molecule has 4 rings (SSSR count). The van der Waals surface area contributed by atoms with Crippen molar-refractivity contribution in [1.29, 1.82) is 0 Å². The summed E-state index contributed by atoms with van der Waals surface area (Å²) in [5.41, 5.74) is 3.42. The normalized spacial score (nSPS) is 12.3. The predicted octanol–water partition coefficient (Wildman–Crippen LogP) is 6.82. The van der Waals surface area contributed by atoms with E-state index in [4.69, 9.17) is 0 Å². The summed E-state index contributed by atoms with van der Waals surface area (Å²) in [6.45, 7) is 9.13. The fourth-order valence-corrected chi connectivity index (χ4v) is 6.67. The Kier molecular flexibility index (Phi) is 10.9. The van der Waals surface area contributed by atoms with Crippen molar-refractivity contribution >= 4 is 43.5 Å². The standard InChI is InChI=1S/C36H40BrN3O4S/c1-26-14-20-32(21-15-26)45(43,44)40(31-18-16-30(37)17-19-31)25-34(41)39(24-29-13-9-10-27(2)22-29)33(35(42)38-36(3,4)5)23-28-11-7-6-8-12-28/h6-22,33H,23-25H2,1-5H3,(H,38,42)/t33-/m1/s1. The summed E-state index contributed by atoms with van der Waals surface area (Å²) in [6.07, 6.45) is 0.253. The summed E-state index contributed by atoms with van der Waals surface area (Å²) in [6, 6.07) is 29.7. The number of anilines is 1. The largest absolute Gasteiger partial charge is 0.350 e. The molecular formula is C36H40BrN3O4S. The second-order valence-corrected chi connectivity index (χ2v) is 15.0. The van der Waals surface area contributed by atoms with Crippen LogP contribution in [0.1, 0.15) is 43.0 Å². The molecule has 4 aromatic rings. The Labute approximate surface area is 275 Å². The lowest BCUT2D eigenvalue weighted by molar-refractivity contribution is -0.140. The van der Waals surface area contributed by atoms with E-state index in [1.54, 1.807) is 48.5 Å². The Balaban J connectivity index is 1.81. The maximum absolute atomic E-state index is 14.5. The van der Waals surface area contributed by atoms with Gasteiger partial charge >= 0.3 is 0 Å². The number of sulfonamides is 1. The monoisotopic (exact) mass is 689 g/mol. The second kappa shape index (κ2) is 14.4. The number of nitrogens with zero attached hydrogens (tertiary/aromatic N) is 2. The van der Waals surface area contributed by atoms with Crippen molar-refractivity contribution in [1.82, 2.24) is 10.2 Å². The van der Waals surface area contributed by atoms with Gasteiger partial charge in [0.05, 0.1) is 10.6 Å². The molecule has 0 heterocycles. The van der Waals surface area contributed by atoms with Gasteiger partial charge in [-0.3, -0.25) is 13.9 Å². The van der Waals surface area contributed by atoms with Gasteiger partial charge in [-0.15, -0.1) is 0 Å². The molecule has 0 aromatic heterocycles. The van der Waals surface area contributed by atoms with Crippen LogP contribution in [0.3, 0.4) is 0 Å². The topological polar surface area (TPSA) is 86.8 Å². The highest BCUT2D eigenvalue weighted by Gasteiger charge is 2.35. The van der Waals surface area contributed by atoms with E-state index < -0.39 is 34.1 Å². The predicted molar refractivity (Wildman–Crippen MR) is 183 cm³/mol. The Morgan fingerprint density at radius 2 is 1.42 bits per heavy atom. The first kappa shape index (κ1) is 33.9. The minimum absolute atomic E-state index is 0.0698. The molecule has 9 heteroatoms. The molecule has 0 aliphatic rings. The van der Waals surface area contributed by atoms with E-state index >= 15 is 0 Å². The van der Waals surface area contributed by atoms with Gasteiger partial charge in [-0.05, 0) is 82.1 Å². The van der Waals surface area contributed by atoms with Gasteiger partial charge in [0.2, 0.25) is 11.8 Å².